The van der Waals surface area contributed by atoms with Crippen LogP contribution in [-0.2, 0) is 29.1 Å². The molecule has 0 saturated heterocycles. The normalized spacial score (nSPS) is 14.2. The minimum atomic E-state index is -0.183. The molecule has 4 heteroatoms. The van der Waals surface area contributed by atoms with Gasteiger partial charge in [0.2, 0.25) is 0 Å². The van der Waals surface area contributed by atoms with E-state index in [1.807, 2.05) is 0 Å². The SMILES string of the molecule is CCc1cc(C(C)(C)C)cc(CC)c1N1c2cc3c(cc2B2c4ccc(-c5cccc6ccccc56)cc4N(c4cccc5c4-c4ccccc4C5(C)C)c4cc(C(C)(C)C)cc1c42)c1ccccc1n3-c1ccccc1. The minimum absolute atomic E-state index is 0.0103. The number of aromatic nitrogens is 1. The van der Waals surface area contributed by atoms with Crippen molar-refractivity contribution in [3.63, 3.8) is 0 Å². The predicted molar refractivity (Wildman–Crippen MR) is 331 cm³/mol. The molecular formula is C73H66BN3. The topological polar surface area (TPSA) is 11.4 Å². The van der Waals surface area contributed by atoms with E-state index in [4.69, 9.17) is 0 Å². The Morgan fingerprint density at radius 2 is 1.04 bits per heavy atom. The molecule has 77 heavy (non-hydrogen) atoms. The molecule has 0 atom stereocenters. The molecule has 2 aliphatic heterocycles. The van der Waals surface area contributed by atoms with Gasteiger partial charge in [0.05, 0.1) is 22.4 Å². The third-order valence-electron chi connectivity index (χ3n) is 17.8. The summed E-state index contributed by atoms with van der Waals surface area (Å²) < 4.78 is 2.50. The Morgan fingerprint density at radius 1 is 0.442 bits per heavy atom. The van der Waals surface area contributed by atoms with E-state index in [-0.39, 0.29) is 23.0 Å². The Hall–Kier alpha value is -8.08. The van der Waals surface area contributed by atoms with Gasteiger partial charge in [-0.3, -0.25) is 0 Å². The van der Waals surface area contributed by atoms with Gasteiger partial charge >= 0.3 is 0 Å². The van der Waals surface area contributed by atoms with Crippen molar-refractivity contribution in [2.45, 2.75) is 98.3 Å². The molecule has 10 aromatic carbocycles. The Kier molecular flexibility index (Phi) is 10.4. The summed E-state index contributed by atoms with van der Waals surface area (Å²) >= 11 is 0. The van der Waals surface area contributed by atoms with Crippen LogP contribution in [0.2, 0.25) is 0 Å². The highest BCUT2D eigenvalue weighted by molar-refractivity contribution is 7.00. The van der Waals surface area contributed by atoms with E-state index < -0.39 is 0 Å². The number of hydrogen-bond donors (Lipinski definition) is 0. The smallest absolute Gasteiger partial charge is 0.252 e. The number of fused-ring (bicyclic) bond motifs is 11. The van der Waals surface area contributed by atoms with E-state index in [0.29, 0.717) is 0 Å². The lowest BCUT2D eigenvalue weighted by Gasteiger charge is -2.46. The van der Waals surface area contributed by atoms with Gasteiger partial charge in [-0.05, 0) is 149 Å². The fraction of sp³-hybridized carbons (Fsp3) is 0.205. The average Bonchev–Trinajstić information content (AvgIpc) is 4.12. The molecule has 0 radical (unpaired) electrons. The van der Waals surface area contributed by atoms with Crippen molar-refractivity contribution in [3.8, 4) is 27.9 Å². The van der Waals surface area contributed by atoms with Gasteiger partial charge in [0.15, 0.2) is 0 Å². The van der Waals surface area contributed by atoms with Gasteiger partial charge in [0.1, 0.15) is 0 Å². The van der Waals surface area contributed by atoms with Gasteiger partial charge in [0, 0.05) is 50.2 Å². The molecule has 11 aromatic rings. The second kappa shape index (κ2) is 17.0. The molecule has 0 bridgehead atoms. The number of aryl methyl sites for hydroxylation is 2. The van der Waals surface area contributed by atoms with E-state index >= 15 is 0 Å². The first-order valence-electron chi connectivity index (χ1n) is 28.1. The summed E-state index contributed by atoms with van der Waals surface area (Å²) in [6.07, 6.45) is 1.82. The minimum Gasteiger partial charge on any atom is -0.311 e. The van der Waals surface area contributed by atoms with Gasteiger partial charge in [-0.2, -0.15) is 0 Å². The number of benzene rings is 10. The fourth-order valence-corrected chi connectivity index (χ4v) is 13.8. The third kappa shape index (κ3) is 6.96. The molecule has 0 saturated carbocycles. The summed E-state index contributed by atoms with van der Waals surface area (Å²) in [4.78, 5) is 5.45. The fourth-order valence-electron chi connectivity index (χ4n) is 13.8. The number of hydrogen-bond acceptors (Lipinski definition) is 2. The van der Waals surface area contributed by atoms with Gasteiger partial charge in [-0.25, -0.2) is 0 Å². The number of nitrogens with zero attached hydrogens (tertiary/aromatic N) is 3. The molecule has 0 unspecified atom stereocenters. The average molecular weight is 996 g/mol. The van der Waals surface area contributed by atoms with Crippen LogP contribution in [0.15, 0.2) is 194 Å². The highest BCUT2D eigenvalue weighted by atomic mass is 15.2. The highest BCUT2D eigenvalue weighted by Gasteiger charge is 2.47. The Labute approximate surface area is 455 Å². The molecular weight excluding hydrogens is 930 g/mol. The molecule has 0 spiro atoms. The second-order valence-electron chi connectivity index (χ2n) is 24.7. The van der Waals surface area contributed by atoms with Crippen molar-refractivity contribution in [2.24, 2.45) is 0 Å². The van der Waals surface area contributed by atoms with E-state index in [1.54, 1.807) is 0 Å². The number of rotatable bonds is 6. The van der Waals surface area contributed by atoms with Gasteiger partial charge in [0.25, 0.3) is 6.71 Å². The first-order chi connectivity index (χ1) is 37.1. The maximum absolute atomic E-state index is 2.75. The van der Waals surface area contributed by atoms with E-state index in [0.717, 1.165) is 18.5 Å². The molecule has 1 aliphatic carbocycles. The van der Waals surface area contributed by atoms with Crippen LogP contribution in [0.4, 0.5) is 34.1 Å². The number of anilines is 6. The van der Waals surface area contributed by atoms with Crippen LogP contribution >= 0.6 is 0 Å². The first-order valence-corrected chi connectivity index (χ1v) is 28.1. The zero-order valence-electron chi connectivity index (χ0n) is 46.3. The lowest BCUT2D eigenvalue weighted by Crippen LogP contribution is -2.61. The molecule has 1 aromatic heterocycles. The summed E-state index contributed by atoms with van der Waals surface area (Å²) in [5, 5.41) is 5.04. The van der Waals surface area contributed by atoms with Crippen LogP contribution in [-0.4, -0.2) is 11.3 Å². The lowest BCUT2D eigenvalue weighted by molar-refractivity contribution is 0.588. The van der Waals surface area contributed by atoms with Crippen LogP contribution in [0.3, 0.4) is 0 Å². The highest BCUT2D eigenvalue weighted by Crippen LogP contribution is 2.56. The summed E-state index contributed by atoms with van der Waals surface area (Å²) in [6, 6.07) is 74.8. The second-order valence-corrected chi connectivity index (χ2v) is 24.7. The molecule has 0 N–H and O–H groups in total. The summed E-state index contributed by atoms with van der Waals surface area (Å²) in [5.41, 5.74) is 28.1. The van der Waals surface area contributed by atoms with Gasteiger partial charge < -0.3 is 14.4 Å². The maximum atomic E-state index is 2.75. The van der Waals surface area contributed by atoms with Gasteiger partial charge in [-0.1, -0.05) is 215 Å². The first kappa shape index (κ1) is 47.4. The maximum Gasteiger partial charge on any atom is 0.252 e. The molecule has 0 amide bonds. The zero-order chi connectivity index (χ0) is 52.9. The molecule has 376 valence electrons. The molecule has 3 nitrogen and oxygen atoms in total. The van der Waals surface area contributed by atoms with Crippen LogP contribution in [0.5, 0.6) is 0 Å². The number of para-hydroxylation sites is 2. The van der Waals surface area contributed by atoms with E-state index in [2.05, 4.69) is 278 Å². The van der Waals surface area contributed by atoms with Crippen molar-refractivity contribution >= 4 is 89.8 Å². The van der Waals surface area contributed by atoms with Crippen LogP contribution in [0.25, 0.3) is 60.5 Å². The van der Waals surface area contributed by atoms with Crippen LogP contribution in [0, 0.1) is 0 Å². The Morgan fingerprint density at radius 3 is 1.78 bits per heavy atom. The van der Waals surface area contributed by atoms with Crippen molar-refractivity contribution in [2.75, 3.05) is 9.80 Å². The summed E-state index contributed by atoms with van der Waals surface area (Å²) in [6.45, 7) is 23.7. The molecule has 14 rings (SSSR count). The predicted octanol–water partition coefficient (Wildman–Crippen LogP) is 17.7. The van der Waals surface area contributed by atoms with Gasteiger partial charge in [-0.15, -0.1) is 0 Å². The van der Waals surface area contributed by atoms with Crippen molar-refractivity contribution in [3.05, 3.63) is 228 Å². The summed E-state index contributed by atoms with van der Waals surface area (Å²) in [5.74, 6) is 0. The Bertz CT molecular complexity index is 4220. The molecule has 0 fully saturated rings. The molecule has 3 aliphatic rings. The standard InChI is InChI=1S/C73H66BN3/c1-11-45-38-49(71(3,4)5)39-46(12-2)70(45)77-65-44-63-56(54-29-19-21-34-61(54)75(63)51-26-14-13-15-27-51)43-60(65)74-59-37-36-48(53-31-22-25-47-24-16-17-28-52(47)53)40-64(59)76(66-41-50(72(6,7)8)42-67(77)69(66)74)62-35-23-33-58-68(62)55-30-18-20-32-57(55)73(58,9)10/h13-44H,11-12H2,1-10H3. The van der Waals surface area contributed by atoms with E-state index in [1.165, 1.54) is 139 Å². The third-order valence-corrected chi connectivity index (χ3v) is 17.8. The largest absolute Gasteiger partial charge is 0.311 e. The van der Waals surface area contributed by atoms with Crippen LogP contribution < -0.4 is 26.2 Å². The Balaban J connectivity index is 1.16. The van der Waals surface area contributed by atoms with Crippen molar-refractivity contribution in [1.29, 1.82) is 0 Å². The quantitative estimate of drug-likeness (QED) is 0.154. The monoisotopic (exact) mass is 996 g/mol. The van der Waals surface area contributed by atoms with Crippen molar-refractivity contribution < 1.29 is 0 Å². The van der Waals surface area contributed by atoms with E-state index in [9.17, 15) is 0 Å². The van der Waals surface area contributed by atoms with Crippen LogP contribution in [0.1, 0.15) is 103 Å². The van der Waals surface area contributed by atoms with Crippen molar-refractivity contribution in [1.82, 2.24) is 4.57 Å². The lowest BCUT2D eigenvalue weighted by atomic mass is 9.33. The zero-order valence-corrected chi connectivity index (χ0v) is 46.3. The summed E-state index contributed by atoms with van der Waals surface area (Å²) in [7, 11) is 0. The molecule has 3 heterocycles.